The van der Waals surface area contributed by atoms with Gasteiger partial charge in [-0.05, 0) is 74.0 Å². The van der Waals surface area contributed by atoms with E-state index in [1.807, 2.05) is 25.1 Å². The summed E-state index contributed by atoms with van der Waals surface area (Å²) in [5.41, 5.74) is 3.32. The first-order valence-electron chi connectivity index (χ1n) is 14.8. The fourth-order valence-corrected chi connectivity index (χ4v) is 7.27. The van der Waals surface area contributed by atoms with Crippen molar-refractivity contribution < 1.29 is 13.5 Å². The number of allylic oxidation sites excluding steroid dienone is 4. The topological polar surface area (TPSA) is 82.2 Å². The summed E-state index contributed by atoms with van der Waals surface area (Å²) < 4.78 is 38.4. The second-order valence-corrected chi connectivity index (χ2v) is 12.2. The molecule has 42 heavy (non-hydrogen) atoms. The highest BCUT2D eigenvalue weighted by Crippen LogP contribution is 2.40. The van der Waals surface area contributed by atoms with E-state index in [1.54, 1.807) is 36.1 Å². The molecule has 0 radical (unpaired) electrons. The van der Waals surface area contributed by atoms with Gasteiger partial charge in [-0.2, -0.15) is 5.26 Å². The van der Waals surface area contributed by atoms with Crippen LogP contribution in [-0.4, -0.2) is 67.0 Å². The van der Waals surface area contributed by atoms with Crippen LogP contribution in [-0.2, 0) is 4.74 Å². The predicted octanol–water partition coefficient (Wildman–Crippen LogP) is 4.87. The minimum atomic E-state index is -0.582. The Morgan fingerprint density at radius 2 is 1.86 bits per heavy atom. The Labute approximate surface area is 244 Å². The molecule has 10 heteroatoms. The van der Waals surface area contributed by atoms with Crippen LogP contribution in [0, 0.1) is 34.9 Å². The molecule has 5 heterocycles. The molecule has 1 aromatic carbocycles. The number of ether oxygens (including phenoxy) is 1. The van der Waals surface area contributed by atoms with Crippen LogP contribution in [0.15, 0.2) is 54.0 Å². The van der Waals surface area contributed by atoms with E-state index in [9.17, 15) is 5.26 Å². The zero-order valence-electron chi connectivity index (χ0n) is 23.9. The number of hydrogen-bond acceptors (Lipinski definition) is 7. The molecular weight excluding hydrogens is 536 g/mol. The van der Waals surface area contributed by atoms with Crippen molar-refractivity contribution >= 4 is 22.5 Å². The number of halogens is 2. The van der Waals surface area contributed by atoms with Crippen molar-refractivity contribution in [2.75, 3.05) is 56.2 Å². The summed E-state index contributed by atoms with van der Waals surface area (Å²) in [6.45, 7) is 7.26. The summed E-state index contributed by atoms with van der Waals surface area (Å²) in [5, 5.41) is 13.0. The molecule has 3 fully saturated rings. The number of methoxy groups -OCH3 is 1. The number of imidazole rings is 1. The molecule has 5 atom stereocenters. The summed E-state index contributed by atoms with van der Waals surface area (Å²) in [6.07, 6.45) is 7.08. The van der Waals surface area contributed by atoms with Crippen molar-refractivity contribution in [1.82, 2.24) is 19.9 Å². The van der Waals surface area contributed by atoms with Gasteiger partial charge in [0.15, 0.2) is 5.65 Å². The highest BCUT2D eigenvalue weighted by Gasteiger charge is 2.34. The van der Waals surface area contributed by atoms with Crippen LogP contribution in [0.25, 0.3) is 16.9 Å². The molecule has 2 bridgehead atoms. The Kier molecular flexibility index (Phi) is 6.95. The van der Waals surface area contributed by atoms with Gasteiger partial charge in [-0.1, -0.05) is 13.0 Å². The normalized spacial score (nSPS) is 27.6. The smallest absolute Gasteiger partial charge is 0.166 e. The van der Waals surface area contributed by atoms with Gasteiger partial charge in [0.25, 0.3) is 0 Å². The number of benzene rings is 1. The van der Waals surface area contributed by atoms with Gasteiger partial charge in [0.2, 0.25) is 0 Å². The lowest BCUT2D eigenvalue weighted by molar-refractivity contribution is 0.121. The quantitative estimate of drug-likeness (QED) is 0.468. The van der Waals surface area contributed by atoms with Crippen LogP contribution in [0.5, 0.6) is 0 Å². The van der Waals surface area contributed by atoms with Crippen LogP contribution in [0.2, 0.25) is 0 Å². The van der Waals surface area contributed by atoms with Gasteiger partial charge in [0, 0.05) is 51.1 Å². The van der Waals surface area contributed by atoms with Crippen LogP contribution in [0.1, 0.15) is 31.5 Å². The lowest BCUT2D eigenvalue weighted by Gasteiger charge is -2.42. The second-order valence-electron chi connectivity index (χ2n) is 12.2. The molecule has 0 saturated carbocycles. The van der Waals surface area contributed by atoms with E-state index in [0.717, 1.165) is 50.5 Å². The predicted molar refractivity (Wildman–Crippen MR) is 158 cm³/mol. The largest absolute Gasteiger partial charge is 0.380 e. The maximum atomic E-state index is 16.1. The van der Waals surface area contributed by atoms with Crippen LogP contribution >= 0.6 is 0 Å². The molecule has 3 saturated heterocycles. The lowest BCUT2D eigenvalue weighted by atomic mass is 9.85. The average molecular weight is 572 g/mol. The monoisotopic (exact) mass is 571 g/mol. The zero-order chi connectivity index (χ0) is 29.0. The number of fused-ring (bicyclic) bond motifs is 3. The summed E-state index contributed by atoms with van der Waals surface area (Å²) in [5.74, 6) is -0.0965. The van der Waals surface area contributed by atoms with E-state index in [-0.39, 0.29) is 17.6 Å². The van der Waals surface area contributed by atoms with Crippen molar-refractivity contribution in [2.45, 2.75) is 31.8 Å². The summed E-state index contributed by atoms with van der Waals surface area (Å²) in [4.78, 5) is 14.3. The summed E-state index contributed by atoms with van der Waals surface area (Å²) >= 11 is 0. The molecule has 8 nitrogen and oxygen atoms in total. The highest BCUT2D eigenvalue weighted by molar-refractivity contribution is 5.88. The molecule has 3 aliphatic heterocycles. The lowest BCUT2D eigenvalue weighted by Crippen LogP contribution is -2.51. The number of nitrogens with zero attached hydrogens (tertiary/aromatic N) is 6. The Bertz CT molecular complexity index is 1610. The molecule has 0 amide bonds. The van der Waals surface area contributed by atoms with Gasteiger partial charge >= 0.3 is 0 Å². The first kappa shape index (κ1) is 27.0. The third-order valence-corrected chi connectivity index (χ3v) is 9.39. The fourth-order valence-electron chi connectivity index (χ4n) is 7.27. The van der Waals surface area contributed by atoms with E-state index in [2.05, 4.69) is 15.1 Å². The molecule has 0 spiro atoms. The second kappa shape index (κ2) is 10.8. The highest BCUT2D eigenvalue weighted by atomic mass is 19.1. The van der Waals surface area contributed by atoms with E-state index < -0.39 is 17.6 Å². The number of aromatic nitrogens is 3. The number of hydrogen-bond donors (Lipinski definition) is 1. The molecule has 1 aliphatic carbocycles. The van der Waals surface area contributed by atoms with Gasteiger partial charge in [-0.3, -0.25) is 4.57 Å². The molecule has 4 aliphatic rings. The van der Waals surface area contributed by atoms with Crippen molar-refractivity contribution in [3.63, 3.8) is 0 Å². The summed E-state index contributed by atoms with van der Waals surface area (Å²) in [7, 11) is 1.70. The first-order valence-corrected chi connectivity index (χ1v) is 14.8. The number of piperidine rings is 2. The van der Waals surface area contributed by atoms with Gasteiger partial charge in [0.1, 0.15) is 29.1 Å². The average Bonchev–Trinajstić information content (AvgIpc) is 3.63. The molecule has 7 rings (SSSR count). The molecular formula is C32H35F2N7O. The van der Waals surface area contributed by atoms with E-state index in [4.69, 9.17) is 14.7 Å². The first-order chi connectivity index (χ1) is 20.4. The Morgan fingerprint density at radius 1 is 1.05 bits per heavy atom. The number of rotatable bonds is 5. The van der Waals surface area contributed by atoms with Crippen LogP contribution in [0.3, 0.4) is 0 Å². The minimum Gasteiger partial charge on any atom is -0.380 e. The van der Waals surface area contributed by atoms with Gasteiger partial charge in [0.05, 0.1) is 23.1 Å². The van der Waals surface area contributed by atoms with Crippen molar-refractivity contribution in [1.29, 1.82) is 5.26 Å². The van der Waals surface area contributed by atoms with E-state index in [1.165, 1.54) is 12.5 Å². The molecule has 3 aromatic rings. The fraction of sp³-hybridized carbons (Fsp3) is 0.469. The Hall–Kier alpha value is -3.81. The maximum absolute atomic E-state index is 16.1. The standard InChI is InChI=1S/C32H35F2N7O/c1-19-9-22(13-35)26(33)12-25(19)31-38-30-29(40-16-20-10-21(17-40)15-36-14-20)5-7-37-32(30)41(31)28-4-3-23(11-27(28)34)39-8-6-24(18-39)42-2/h3-5,7,9,11-12,19-21,24-25,36H,6,8,10,14-18H2,1-2H3/t19?,20?,21?,24-,25?/m0/s1. The van der Waals surface area contributed by atoms with E-state index in [0.29, 0.717) is 41.1 Å². The van der Waals surface area contributed by atoms with Gasteiger partial charge < -0.3 is 19.9 Å². The van der Waals surface area contributed by atoms with Gasteiger partial charge in [-0.25, -0.2) is 18.7 Å². The Balaban J connectivity index is 1.36. The molecule has 218 valence electrons. The zero-order valence-corrected chi connectivity index (χ0v) is 23.9. The molecule has 1 N–H and O–H groups in total. The number of anilines is 2. The van der Waals surface area contributed by atoms with Crippen LogP contribution < -0.4 is 15.1 Å². The Morgan fingerprint density at radius 3 is 2.57 bits per heavy atom. The van der Waals surface area contributed by atoms with E-state index >= 15 is 8.78 Å². The number of nitrogens with one attached hydrogen (secondary N) is 1. The van der Waals surface area contributed by atoms with Crippen LogP contribution in [0.4, 0.5) is 20.2 Å². The summed E-state index contributed by atoms with van der Waals surface area (Å²) in [6, 6.07) is 9.18. The van der Waals surface area contributed by atoms with Gasteiger partial charge in [-0.15, -0.1) is 0 Å². The molecule has 2 aromatic heterocycles. The van der Waals surface area contributed by atoms with Crippen molar-refractivity contribution in [3.8, 4) is 11.8 Å². The third kappa shape index (κ3) is 4.65. The third-order valence-electron chi connectivity index (χ3n) is 9.39. The SMILES string of the molecule is CO[C@H]1CCN(c2ccc(-n3c(C4C=C(F)C(C#N)=CC4C)nc4c(N5CC6CNCC(C6)C5)ccnc43)c(F)c2)C1. The van der Waals surface area contributed by atoms with Crippen molar-refractivity contribution in [2.24, 2.45) is 17.8 Å². The van der Waals surface area contributed by atoms with Crippen molar-refractivity contribution in [3.05, 3.63) is 65.7 Å². The number of nitriles is 1. The molecule has 4 unspecified atom stereocenters. The minimum absolute atomic E-state index is 0.0178. The maximum Gasteiger partial charge on any atom is 0.166 e. The number of pyridine rings is 1.